The Hall–Kier alpha value is -2.83. The number of halogens is 1. The van der Waals surface area contributed by atoms with Crippen LogP contribution >= 0.6 is 0 Å². The molecule has 0 saturated carbocycles. The molecule has 1 fully saturated rings. The zero-order valence-corrected chi connectivity index (χ0v) is 15.3. The van der Waals surface area contributed by atoms with Crippen LogP contribution < -0.4 is 20.3 Å². The summed E-state index contributed by atoms with van der Waals surface area (Å²) >= 11 is 0. The highest BCUT2D eigenvalue weighted by Crippen LogP contribution is 2.19. The number of hydrogen-bond acceptors (Lipinski definition) is 4. The van der Waals surface area contributed by atoms with Crippen molar-refractivity contribution in [3.8, 4) is 5.75 Å². The van der Waals surface area contributed by atoms with Gasteiger partial charge in [0.1, 0.15) is 17.4 Å². The highest BCUT2D eigenvalue weighted by Gasteiger charge is 2.13. The molecule has 27 heavy (non-hydrogen) atoms. The van der Waals surface area contributed by atoms with E-state index >= 15 is 0 Å². The van der Waals surface area contributed by atoms with Crippen molar-refractivity contribution in [1.82, 2.24) is 10.3 Å². The second-order valence-electron chi connectivity index (χ2n) is 6.49. The molecule has 1 aliphatic rings. The Labute approximate surface area is 158 Å². The third-order valence-electron chi connectivity index (χ3n) is 4.37. The molecule has 144 valence electrons. The minimum absolute atomic E-state index is 0.245. The molecule has 2 N–H and O–H groups in total. The van der Waals surface area contributed by atoms with Crippen LogP contribution in [0.1, 0.15) is 25.7 Å². The third kappa shape index (κ3) is 6.13. The first kappa shape index (κ1) is 18.9. The van der Waals surface area contributed by atoms with Crippen LogP contribution in [0.5, 0.6) is 5.75 Å². The molecule has 1 aromatic carbocycles. The van der Waals surface area contributed by atoms with Crippen LogP contribution in [0.2, 0.25) is 0 Å². The number of pyridine rings is 1. The van der Waals surface area contributed by atoms with Crippen molar-refractivity contribution in [2.75, 3.05) is 36.5 Å². The lowest BCUT2D eigenvalue weighted by atomic mass is 10.3. The number of hydrogen-bond donors (Lipinski definition) is 2. The highest BCUT2D eigenvalue weighted by molar-refractivity contribution is 5.89. The maximum Gasteiger partial charge on any atom is 0.319 e. The van der Waals surface area contributed by atoms with Gasteiger partial charge in [0.15, 0.2) is 0 Å². The van der Waals surface area contributed by atoms with E-state index in [-0.39, 0.29) is 11.8 Å². The third-order valence-corrected chi connectivity index (χ3v) is 4.37. The lowest BCUT2D eigenvalue weighted by Crippen LogP contribution is -2.29. The fraction of sp³-hybridized carbons (Fsp3) is 0.400. The Balaban J connectivity index is 1.28. The number of rotatable bonds is 8. The van der Waals surface area contributed by atoms with Gasteiger partial charge in [-0.2, -0.15) is 0 Å². The van der Waals surface area contributed by atoms with Crippen LogP contribution in [0, 0.1) is 5.82 Å². The second kappa shape index (κ2) is 9.75. The van der Waals surface area contributed by atoms with Gasteiger partial charge in [-0.15, -0.1) is 0 Å². The summed E-state index contributed by atoms with van der Waals surface area (Å²) in [6.07, 6.45) is 5.69. The SMILES string of the molecule is O=C(NCCCCOc1ccc(F)cc1)Nc1ccc(N2CCCC2)nc1. The lowest BCUT2D eigenvalue weighted by molar-refractivity contribution is 0.251. The Morgan fingerprint density at radius 1 is 1.11 bits per heavy atom. The van der Waals surface area contributed by atoms with Crippen LogP contribution in [-0.2, 0) is 0 Å². The summed E-state index contributed by atoms with van der Waals surface area (Å²) in [5.41, 5.74) is 0.676. The molecule has 2 heterocycles. The van der Waals surface area contributed by atoms with Crippen LogP contribution in [-0.4, -0.2) is 37.3 Å². The van der Waals surface area contributed by atoms with E-state index in [1.807, 2.05) is 12.1 Å². The summed E-state index contributed by atoms with van der Waals surface area (Å²) in [7, 11) is 0. The number of nitrogens with one attached hydrogen (secondary N) is 2. The molecule has 1 aromatic heterocycles. The number of unbranched alkanes of at least 4 members (excludes halogenated alkanes) is 1. The number of carbonyl (C=O) groups is 1. The van der Waals surface area contributed by atoms with Gasteiger partial charge in [0, 0.05) is 19.6 Å². The zero-order chi connectivity index (χ0) is 18.9. The van der Waals surface area contributed by atoms with Crippen molar-refractivity contribution in [1.29, 1.82) is 0 Å². The summed E-state index contributed by atoms with van der Waals surface area (Å²) in [6.45, 7) is 3.17. The van der Waals surface area contributed by atoms with Crippen molar-refractivity contribution >= 4 is 17.5 Å². The van der Waals surface area contributed by atoms with Crippen LogP contribution in [0.15, 0.2) is 42.6 Å². The number of anilines is 2. The van der Waals surface area contributed by atoms with E-state index in [9.17, 15) is 9.18 Å². The van der Waals surface area contributed by atoms with E-state index in [1.54, 1.807) is 18.3 Å². The van der Waals surface area contributed by atoms with Crippen LogP contribution in [0.25, 0.3) is 0 Å². The topological polar surface area (TPSA) is 66.5 Å². The predicted molar refractivity (Wildman–Crippen MR) is 104 cm³/mol. The minimum Gasteiger partial charge on any atom is -0.494 e. The van der Waals surface area contributed by atoms with E-state index in [0.717, 1.165) is 31.7 Å². The number of carbonyl (C=O) groups excluding carboxylic acids is 1. The molecule has 0 bridgehead atoms. The number of aromatic nitrogens is 1. The van der Waals surface area contributed by atoms with Gasteiger partial charge >= 0.3 is 6.03 Å². The molecule has 1 saturated heterocycles. The Morgan fingerprint density at radius 3 is 2.59 bits per heavy atom. The van der Waals surface area contributed by atoms with Crippen LogP contribution in [0.3, 0.4) is 0 Å². The Morgan fingerprint density at radius 2 is 1.89 bits per heavy atom. The molecule has 0 aliphatic carbocycles. The van der Waals surface area contributed by atoms with Gasteiger partial charge in [-0.3, -0.25) is 0 Å². The molecule has 1 aliphatic heterocycles. The number of benzene rings is 1. The van der Waals surface area contributed by atoms with Crippen LogP contribution in [0.4, 0.5) is 20.7 Å². The fourth-order valence-corrected chi connectivity index (χ4v) is 2.92. The average Bonchev–Trinajstić information content (AvgIpc) is 3.21. The van der Waals surface area contributed by atoms with Gasteiger partial charge in [0.25, 0.3) is 0 Å². The zero-order valence-electron chi connectivity index (χ0n) is 15.3. The molecule has 0 spiro atoms. The largest absolute Gasteiger partial charge is 0.494 e. The predicted octanol–water partition coefficient (Wildman–Crippen LogP) is 3.80. The van der Waals surface area contributed by atoms with Gasteiger partial charge in [-0.05, 0) is 62.1 Å². The maximum absolute atomic E-state index is 12.8. The summed E-state index contributed by atoms with van der Waals surface area (Å²) in [5, 5.41) is 5.60. The first-order chi connectivity index (χ1) is 13.2. The van der Waals surface area contributed by atoms with Gasteiger partial charge in [-0.1, -0.05) is 0 Å². The standard InChI is InChI=1S/C20H25FN4O2/c21-16-5-8-18(9-6-16)27-14-4-1-11-22-20(26)24-17-7-10-19(23-15-17)25-12-2-3-13-25/h5-10,15H,1-4,11-14H2,(H2,22,24,26). The summed E-state index contributed by atoms with van der Waals surface area (Å²) < 4.78 is 18.3. The maximum atomic E-state index is 12.8. The average molecular weight is 372 g/mol. The monoisotopic (exact) mass is 372 g/mol. The van der Waals surface area contributed by atoms with Crippen molar-refractivity contribution < 1.29 is 13.9 Å². The molecule has 3 rings (SSSR count). The molecule has 0 radical (unpaired) electrons. The first-order valence-corrected chi connectivity index (χ1v) is 9.35. The lowest BCUT2D eigenvalue weighted by Gasteiger charge is -2.16. The normalized spacial score (nSPS) is 13.4. The second-order valence-corrected chi connectivity index (χ2v) is 6.49. The van der Waals surface area contributed by atoms with Crippen molar-refractivity contribution in [3.63, 3.8) is 0 Å². The van der Waals surface area contributed by atoms with Crippen molar-refractivity contribution in [2.45, 2.75) is 25.7 Å². The molecule has 2 amide bonds. The van der Waals surface area contributed by atoms with Crippen molar-refractivity contribution in [3.05, 3.63) is 48.4 Å². The van der Waals surface area contributed by atoms with Gasteiger partial charge < -0.3 is 20.3 Å². The molecule has 0 atom stereocenters. The van der Waals surface area contributed by atoms with E-state index in [4.69, 9.17) is 4.74 Å². The van der Waals surface area contributed by atoms with E-state index in [0.29, 0.717) is 24.6 Å². The van der Waals surface area contributed by atoms with Crippen molar-refractivity contribution in [2.24, 2.45) is 0 Å². The molecule has 0 unspecified atom stereocenters. The molecule has 6 nitrogen and oxygen atoms in total. The minimum atomic E-state index is -0.279. The van der Waals surface area contributed by atoms with Gasteiger partial charge in [-0.25, -0.2) is 14.2 Å². The summed E-state index contributed by atoms with van der Waals surface area (Å²) in [5.74, 6) is 1.32. The molecule has 2 aromatic rings. The summed E-state index contributed by atoms with van der Waals surface area (Å²) in [6, 6.07) is 9.50. The Kier molecular flexibility index (Phi) is 6.84. The van der Waals surface area contributed by atoms with E-state index < -0.39 is 0 Å². The number of nitrogens with zero attached hydrogens (tertiary/aromatic N) is 2. The first-order valence-electron chi connectivity index (χ1n) is 9.35. The number of urea groups is 1. The number of ether oxygens (including phenoxy) is 1. The quantitative estimate of drug-likeness (QED) is 0.692. The molecule has 7 heteroatoms. The fourth-order valence-electron chi connectivity index (χ4n) is 2.92. The Bertz CT molecular complexity index is 716. The smallest absolute Gasteiger partial charge is 0.319 e. The highest BCUT2D eigenvalue weighted by atomic mass is 19.1. The van der Waals surface area contributed by atoms with E-state index in [1.165, 1.54) is 25.0 Å². The molecular formula is C20H25FN4O2. The number of amides is 2. The van der Waals surface area contributed by atoms with Gasteiger partial charge in [0.2, 0.25) is 0 Å². The van der Waals surface area contributed by atoms with Gasteiger partial charge in [0.05, 0.1) is 18.5 Å². The molecular weight excluding hydrogens is 347 g/mol. The van der Waals surface area contributed by atoms with E-state index in [2.05, 4.69) is 20.5 Å². The summed E-state index contributed by atoms with van der Waals surface area (Å²) in [4.78, 5) is 18.6.